The number of rotatable bonds is 5. The van der Waals surface area contributed by atoms with Crippen LogP contribution in [0.1, 0.15) is 11.1 Å². The number of carbonyl (C=O) groups excluding carboxylic acids is 1. The summed E-state index contributed by atoms with van der Waals surface area (Å²) in [4.78, 5) is 11.2. The molecule has 0 amide bonds. The summed E-state index contributed by atoms with van der Waals surface area (Å²) in [5.41, 5.74) is 7.39. The number of fused-ring (bicyclic) bond motifs is 1. The predicted molar refractivity (Wildman–Crippen MR) is 91.9 cm³/mol. The normalized spacial score (nSPS) is 13.3. The van der Waals surface area contributed by atoms with Gasteiger partial charge in [0.2, 0.25) is 0 Å². The molecule has 0 atom stereocenters. The number of hydrazine groups is 2. The van der Waals surface area contributed by atoms with Gasteiger partial charge < -0.3 is 4.74 Å². The molecule has 2 aromatic rings. The first-order chi connectivity index (χ1) is 11.6. The summed E-state index contributed by atoms with van der Waals surface area (Å²) in [6.07, 6.45) is 1.67. The van der Waals surface area contributed by atoms with Crippen molar-refractivity contribution in [2.45, 2.75) is 13.3 Å². The van der Waals surface area contributed by atoms with E-state index >= 15 is 0 Å². The second-order valence-electron chi connectivity index (χ2n) is 5.48. The average molecular weight is 325 g/mol. The number of anilines is 3. The molecule has 0 aromatic heterocycles. The smallest absolute Gasteiger partial charge is 0.330 e. The van der Waals surface area contributed by atoms with Crippen LogP contribution in [0.5, 0.6) is 0 Å². The van der Waals surface area contributed by atoms with Crippen molar-refractivity contribution in [1.29, 1.82) is 0 Å². The van der Waals surface area contributed by atoms with E-state index in [2.05, 4.69) is 12.0 Å². The molecule has 0 spiro atoms. The molecule has 124 valence electrons. The van der Waals surface area contributed by atoms with Gasteiger partial charge in [0.05, 0.1) is 23.7 Å². The van der Waals surface area contributed by atoms with Gasteiger partial charge in [-0.2, -0.15) is 0 Å². The van der Waals surface area contributed by atoms with E-state index < -0.39 is 5.97 Å². The monoisotopic (exact) mass is 325 g/mol. The third kappa shape index (κ3) is 3.10. The molecule has 1 aliphatic heterocycles. The van der Waals surface area contributed by atoms with Crippen molar-refractivity contribution >= 4 is 23.0 Å². The molecule has 2 N–H and O–H groups in total. The van der Waals surface area contributed by atoms with Crippen LogP contribution < -0.4 is 10.4 Å². The maximum atomic E-state index is 11.2. The number of nitrogens with zero attached hydrogens (tertiary/aromatic N) is 2. The van der Waals surface area contributed by atoms with E-state index in [1.54, 1.807) is 5.01 Å². The summed E-state index contributed by atoms with van der Waals surface area (Å²) in [5.74, 6) is -0.444. The molecule has 1 aliphatic rings. The lowest BCUT2D eigenvalue weighted by Crippen LogP contribution is -2.35. The highest BCUT2D eigenvalue weighted by Gasteiger charge is 2.28. The van der Waals surface area contributed by atoms with Gasteiger partial charge in [0.25, 0.3) is 0 Å². The standard InChI is InChI=1S/C18H19N3O3/c1-3-18(22)24-11-10-14-9-8-13(2)12-17(14)20-16-7-5-4-6-15(16)19-21(20)23/h3-9,12,19,23H,1,10-11H2,2H3. The van der Waals surface area contributed by atoms with Gasteiger partial charge in [-0.25, -0.2) is 9.80 Å². The number of aryl methyl sites for hydroxylation is 1. The van der Waals surface area contributed by atoms with E-state index in [1.807, 2.05) is 49.4 Å². The van der Waals surface area contributed by atoms with Gasteiger partial charge in [0.15, 0.2) is 0 Å². The van der Waals surface area contributed by atoms with E-state index in [4.69, 9.17) is 4.74 Å². The van der Waals surface area contributed by atoms with Gasteiger partial charge in [-0.1, -0.05) is 30.8 Å². The molecule has 1 heterocycles. The highest BCUT2D eigenvalue weighted by atomic mass is 16.6. The Bertz CT molecular complexity index is 776. The quantitative estimate of drug-likeness (QED) is 0.649. The van der Waals surface area contributed by atoms with Gasteiger partial charge in [0.1, 0.15) is 0 Å². The van der Waals surface area contributed by atoms with Crippen molar-refractivity contribution in [1.82, 2.24) is 5.28 Å². The highest BCUT2D eigenvalue weighted by molar-refractivity contribution is 5.81. The summed E-state index contributed by atoms with van der Waals surface area (Å²) < 4.78 is 5.07. The minimum absolute atomic E-state index is 0.245. The number of benzene rings is 2. The average Bonchev–Trinajstić information content (AvgIpc) is 2.91. The van der Waals surface area contributed by atoms with Crippen LogP contribution >= 0.6 is 0 Å². The van der Waals surface area contributed by atoms with Gasteiger partial charge in [-0.15, -0.1) is 0 Å². The zero-order valence-corrected chi connectivity index (χ0v) is 13.4. The second kappa shape index (κ2) is 6.74. The fraction of sp³-hybridized carbons (Fsp3) is 0.167. The van der Waals surface area contributed by atoms with Crippen molar-refractivity contribution < 1.29 is 14.7 Å². The second-order valence-corrected chi connectivity index (χ2v) is 5.48. The topological polar surface area (TPSA) is 65.0 Å². The number of hydrogen-bond acceptors (Lipinski definition) is 6. The van der Waals surface area contributed by atoms with E-state index in [0.717, 1.165) is 39.5 Å². The molecule has 0 bridgehead atoms. The lowest BCUT2D eigenvalue weighted by Gasteiger charge is -2.26. The minimum Gasteiger partial charge on any atom is -0.462 e. The summed E-state index contributed by atoms with van der Waals surface area (Å²) in [7, 11) is 0. The first kappa shape index (κ1) is 16.0. The number of hydrogen-bond donors (Lipinski definition) is 2. The van der Waals surface area contributed by atoms with Crippen LogP contribution in [0.25, 0.3) is 0 Å². The number of para-hydroxylation sites is 2. The fourth-order valence-electron chi connectivity index (χ4n) is 2.65. The maximum absolute atomic E-state index is 11.2. The summed E-state index contributed by atoms with van der Waals surface area (Å²) in [6.45, 7) is 5.62. The van der Waals surface area contributed by atoms with Crippen LogP contribution in [0.2, 0.25) is 0 Å². The summed E-state index contributed by atoms with van der Waals surface area (Å²) in [6, 6.07) is 13.6. The zero-order valence-electron chi connectivity index (χ0n) is 13.4. The van der Waals surface area contributed by atoms with Gasteiger partial charge >= 0.3 is 5.97 Å². The fourth-order valence-corrected chi connectivity index (χ4v) is 2.65. The largest absolute Gasteiger partial charge is 0.462 e. The Morgan fingerprint density at radius 2 is 2.08 bits per heavy atom. The van der Waals surface area contributed by atoms with E-state index in [-0.39, 0.29) is 6.61 Å². The summed E-state index contributed by atoms with van der Waals surface area (Å²) in [5, 5.41) is 12.9. The van der Waals surface area contributed by atoms with Gasteiger partial charge in [-0.3, -0.25) is 10.6 Å². The third-order valence-corrected chi connectivity index (χ3v) is 3.79. The van der Waals surface area contributed by atoms with Crippen LogP contribution in [0.4, 0.5) is 17.1 Å². The van der Waals surface area contributed by atoms with Crippen molar-refractivity contribution in [3.63, 3.8) is 0 Å². The first-order valence-corrected chi connectivity index (χ1v) is 7.63. The molecule has 0 saturated carbocycles. The molecular weight excluding hydrogens is 306 g/mol. The van der Waals surface area contributed by atoms with E-state index in [1.165, 1.54) is 0 Å². The predicted octanol–water partition coefficient (Wildman–Crippen LogP) is 3.35. The van der Waals surface area contributed by atoms with Crippen molar-refractivity contribution in [3.8, 4) is 0 Å². The third-order valence-electron chi connectivity index (χ3n) is 3.79. The first-order valence-electron chi connectivity index (χ1n) is 7.63. The van der Waals surface area contributed by atoms with Gasteiger partial charge in [-0.05, 0) is 36.2 Å². The number of esters is 1. The molecule has 24 heavy (non-hydrogen) atoms. The van der Waals surface area contributed by atoms with Crippen LogP contribution in [0.15, 0.2) is 55.1 Å². The van der Waals surface area contributed by atoms with Crippen molar-refractivity contribution in [3.05, 3.63) is 66.2 Å². The molecule has 0 unspecified atom stereocenters. The highest BCUT2D eigenvalue weighted by Crippen LogP contribution is 2.40. The Morgan fingerprint density at radius 3 is 2.88 bits per heavy atom. The van der Waals surface area contributed by atoms with Crippen LogP contribution in [-0.4, -0.2) is 23.1 Å². The Balaban J connectivity index is 1.91. The zero-order chi connectivity index (χ0) is 17.1. The van der Waals surface area contributed by atoms with E-state index in [9.17, 15) is 10.0 Å². The summed E-state index contributed by atoms with van der Waals surface area (Å²) >= 11 is 0. The Kier molecular flexibility index (Phi) is 4.50. The maximum Gasteiger partial charge on any atom is 0.330 e. The molecule has 0 radical (unpaired) electrons. The Morgan fingerprint density at radius 1 is 1.29 bits per heavy atom. The van der Waals surface area contributed by atoms with Crippen LogP contribution in [-0.2, 0) is 16.0 Å². The van der Waals surface area contributed by atoms with Crippen molar-refractivity contribution in [2.75, 3.05) is 17.0 Å². The van der Waals surface area contributed by atoms with Crippen LogP contribution in [0, 0.1) is 6.92 Å². The lowest BCUT2D eigenvalue weighted by molar-refractivity contribution is -0.137. The molecular formula is C18H19N3O3. The number of carbonyl (C=O) groups is 1. The molecule has 6 nitrogen and oxygen atoms in total. The molecule has 2 aromatic carbocycles. The van der Waals surface area contributed by atoms with Gasteiger partial charge in [0, 0.05) is 17.8 Å². The molecule has 6 heteroatoms. The molecule has 3 rings (SSSR count). The van der Waals surface area contributed by atoms with Crippen LogP contribution in [0.3, 0.4) is 0 Å². The Hall–Kier alpha value is -2.83. The molecule has 0 aliphatic carbocycles. The lowest BCUT2D eigenvalue weighted by atomic mass is 10.1. The SMILES string of the molecule is C=CC(=O)OCCc1ccc(C)cc1N1c2ccccc2NN1O. The molecule has 0 saturated heterocycles. The van der Waals surface area contributed by atoms with E-state index in [0.29, 0.717) is 6.42 Å². The number of ether oxygens (including phenoxy) is 1. The number of nitrogens with one attached hydrogen (secondary N) is 1. The van der Waals surface area contributed by atoms with Crippen molar-refractivity contribution in [2.24, 2.45) is 0 Å². The minimum atomic E-state index is -0.444. The Labute approximate surface area is 140 Å². The molecule has 0 fully saturated rings.